The average molecular weight is 320 g/mol. The minimum Gasteiger partial charge on any atom is -0.701 e. The van der Waals surface area contributed by atoms with Gasteiger partial charge >= 0.3 is 12.1 Å². The maximum Gasteiger partial charge on any atom is 0.508 e. The highest BCUT2D eigenvalue weighted by Gasteiger charge is 2.72. The van der Waals surface area contributed by atoms with Gasteiger partial charge in [-0.25, -0.2) is 4.90 Å². The molecule has 0 spiro atoms. The first-order valence-electron chi connectivity index (χ1n) is 6.05. The Hall–Kier alpha value is -0.870. The van der Waals surface area contributed by atoms with E-state index < -0.39 is 43.7 Å². The van der Waals surface area contributed by atoms with Crippen LogP contribution in [0, 0.1) is 0 Å². The molecule has 0 bridgehead atoms. The highest BCUT2D eigenvalue weighted by atomic mass is 32.2. The van der Waals surface area contributed by atoms with Gasteiger partial charge in [0.25, 0.3) is 16.3 Å². The molecule has 1 aliphatic rings. The molecule has 0 N–H and O–H groups in total. The van der Waals surface area contributed by atoms with Crippen LogP contribution in [-0.4, -0.2) is 41.5 Å². The zero-order valence-electron chi connectivity index (χ0n) is 11.1. The molecule has 0 saturated heterocycles. The van der Waals surface area contributed by atoms with Crippen molar-refractivity contribution in [3.05, 3.63) is 11.9 Å². The second-order valence-electron chi connectivity index (χ2n) is 4.60. The molecule has 0 aromatic rings. The first kappa shape index (κ1) is 17.2. The molecule has 1 rings (SSSR count). The monoisotopic (exact) mass is 320 g/mol. The summed E-state index contributed by atoms with van der Waals surface area (Å²) in [7, 11) is -5.36. The Balaban J connectivity index is 3.26. The van der Waals surface area contributed by atoms with Crippen LogP contribution in [0.1, 0.15) is 32.6 Å². The molecule has 0 radical (unpaired) electrons. The second-order valence-corrected chi connectivity index (χ2v) is 6.08. The zero-order valence-corrected chi connectivity index (χ0v) is 11.9. The highest BCUT2D eigenvalue weighted by Crippen LogP contribution is 2.49. The van der Waals surface area contributed by atoms with E-state index in [0.29, 0.717) is 19.9 Å². The van der Waals surface area contributed by atoms with Gasteiger partial charge in [-0.05, 0) is 12.8 Å². The molecular weight excluding hydrogens is 304 g/mol. The third-order valence-corrected chi connectivity index (χ3v) is 4.65. The van der Waals surface area contributed by atoms with Crippen LogP contribution in [0.2, 0.25) is 0 Å². The van der Waals surface area contributed by atoms with Crippen molar-refractivity contribution in [3.63, 3.8) is 0 Å². The van der Waals surface area contributed by atoms with Crippen molar-refractivity contribution in [3.8, 4) is 0 Å². The van der Waals surface area contributed by atoms with Crippen molar-refractivity contribution in [2.24, 2.45) is 0 Å². The Morgan fingerprint density at radius 3 is 2.15 bits per heavy atom. The van der Waals surface area contributed by atoms with Crippen LogP contribution in [0.4, 0.5) is 17.6 Å². The highest BCUT2D eigenvalue weighted by molar-refractivity contribution is 7.80. The minimum absolute atomic E-state index is 0.139. The van der Waals surface area contributed by atoms with Gasteiger partial charge in [0.2, 0.25) is 0 Å². The number of halogens is 4. The normalized spacial score (nSPS) is 26.4. The van der Waals surface area contributed by atoms with E-state index in [1.54, 1.807) is 0 Å². The van der Waals surface area contributed by atoms with Crippen LogP contribution in [-0.2, 0) is 10.3 Å². The van der Waals surface area contributed by atoms with Crippen molar-refractivity contribution in [1.29, 1.82) is 0 Å². The summed E-state index contributed by atoms with van der Waals surface area (Å²) in [5.74, 6) is -4.30. The summed E-state index contributed by atoms with van der Waals surface area (Å²) in [5.41, 5.74) is 0. The standard InChI is InChI=1S/C10H16F4N2O3S/c1-3-4-5-6-7-16(20(17,18)19)9(12)8(11)15(2)10(16,13)14/h3-7H2,1-2H3. The topological polar surface area (TPSA) is 60.4 Å². The van der Waals surface area contributed by atoms with Crippen molar-refractivity contribution < 1.29 is 34.4 Å². The quantitative estimate of drug-likeness (QED) is 0.248. The van der Waals surface area contributed by atoms with Gasteiger partial charge < -0.3 is 4.55 Å². The molecule has 0 aromatic heterocycles. The van der Waals surface area contributed by atoms with Crippen LogP contribution in [0.15, 0.2) is 11.9 Å². The van der Waals surface area contributed by atoms with Gasteiger partial charge in [0, 0.05) is 7.05 Å². The molecule has 0 aliphatic carbocycles. The smallest absolute Gasteiger partial charge is 0.508 e. The van der Waals surface area contributed by atoms with Crippen LogP contribution < -0.4 is 0 Å². The van der Waals surface area contributed by atoms with E-state index in [0.717, 1.165) is 6.42 Å². The molecule has 1 heterocycles. The first-order valence-corrected chi connectivity index (χ1v) is 7.42. The number of quaternary nitrogens is 1. The van der Waals surface area contributed by atoms with Crippen LogP contribution in [0.5, 0.6) is 0 Å². The van der Waals surface area contributed by atoms with Gasteiger partial charge in [-0.2, -0.15) is 12.8 Å². The van der Waals surface area contributed by atoms with E-state index >= 15 is 0 Å². The van der Waals surface area contributed by atoms with Gasteiger partial charge in [-0.3, -0.25) is 0 Å². The summed E-state index contributed by atoms with van der Waals surface area (Å²) in [6.07, 6.45) is -2.98. The van der Waals surface area contributed by atoms with Gasteiger partial charge in [0.15, 0.2) is 0 Å². The largest absolute Gasteiger partial charge is 0.701 e. The molecule has 5 nitrogen and oxygen atoms in total. The Labute approximate surface area is 114 Å². The molecule has 0 saturated carbocycles. The van der Waals surface area contributed by atoms with Crippen LogP contribution in [0.3, 0.4) is 0 Å². The lowest BCUT2D eigenvalue weighted by molar-refractivity contribution is -0.889. The van der Waals surface area contributed by atoms with Crippen molar-refractivity contribution >= 4 is 10.3 Å². The van der Waals surface area contributed by atoms with Gasteiger partial charge in [0.1, 0.15) is 6.54 Å². The molecule has 10 heteroatoms. The van der Waals surface area contributed by atoms with Crippen molar-refractivity contribution in [2.45, 2.75) is 38.8 Å². The van der Waals surface area contributed by atoms with E-state index in [4.69, 9.17) is 0 Å². The second kappa shape index (κ2) is 5.49. The van der Waals surface area contributed by atoms with Gasteiger partial charge in [-0.1, -0.05) is 23.7 Å². The molecule has 0 fully saturated rings. The average Bonchev–Trinajstić information content (AvgIpc) is 2.46. The number of alkyl halides is 2. The van der Waals surface area contributed by atoms with Crippen LogP contribution in [0.25, 0.3) is 0 Å². The predicted molar refractivity (Wildman–Crippen MR) is 60.9 cm³/mol. The molecular formula is C10H16F4N2O3S. The minimum atomic E-state index is -5.85. The lowest BCUT2D eigenvalue weighted by Crippen LogP contribution is -2.63. The summed E-state index contributed by atoms with van der Waals surface area (Å²) < 4.78 is 85.8. The number of rotatable bonds is 6. The fourth-order valence-corrected chi connectivity index (χ4v) is 3.12. The number of hydrogen-bond acceptors (Lipinski definition) is 4. The fraction of sp³-hybridized carbons (Fsp3) is 0.800. The van der Waals surface area contributed by atoms with Crippen molar-refractivity contribution in [1.82, 2.24) is 4.90 Å². The predicted octanol–water partition coefficient (Wildman–Crippen LogP) is 2.41. The number of unbranched alkanes of at least 4 members (excludes halogenated alkanes) is 3. The van der Waals surface area contributed by atoms with Gasteiger partial charge in [0.05, 0.1) is 0 Å². The molecule has 1 aliphatic heterocycles. The van der Waals surface area contributed by atoms with E-state index in [2.05, 4.69) is 0 Å². The Morgan fingerprint density at radius 2 is 1.80 bits per heavy atom. The molecule has 118 valence electrons. The van der Waals surface area contributed by atoms with E-state index in [1.807, 2.05) is 6.92 Å². The fourth-order valence-electron chi connectivity index (χ4n) is 2.10. The molecule has 0 aromatic carbocycles. The zero-order chi connectivity index (χ0) is 15.8. The third-order valence-electron chi connectivity index (χ3n) is 3.33. The number of hydrogen-bond donors (Lipinski definition) is 0. The summed E-state index contributed by atoms with van der Waals surface area (Å²) >= 11 is 0. The SMILES string of the molecule is CCCCCC[N+]1(S(=O)(=O)[O-])C(F)=C(F)N(C)C1(F)F. The maximum absolute atomic E-state index is 14.0. The Bertz CT molecular complexity index is 509. The first-order chi connectivity index (χ1) is 9.04. The molecule has 20 heavy (non-hydrogen) atoms. The van der Waals surface area contributed by atoms with E-state index in [1.165, 1.54) is 0 Å². The van der Waals surface area contributed by atoms with Crippen LogP contribution >= 0.6 is 0 Å². The summed E-state index contributed by atoms with van der Waals surface area (Å²) in [5, 5.41) is 0. The summed E-state index contributed by atoms with van der Waals surface area (Å²) in [6, 6.07) is 0. The van der Waals surface area contributed by atoms with E-state index in [9.17, 15) is 30.5 Å². The molecule has 1 atom stereocenters. The summed E-state index contributed by atoms with van der Waals surface area (Å²) in [4.78, 5) is -0.461. The molecule has 0 amide bonds. The lowest BCUT2D eigenvalue weighted by atomic mass is 10.2. The Morgan fingerprint density at radius 1 is 1.25 bits per heavy atom. The Kier molecular flexibility index (Phi) is 4.72. The molecule has 1 unspecified atom stereocenters. The summed E-state index contributed by atoms with van der Waals surface area (Å²) in [6.45, 7) is 0.815. The number of nitrogens with zero attached hydrogens (tertiary/aromatic N) is 2. The lowest BCUT2D eigenvalue weighted by Gasteiger charge is -2.38. The maximum atomic E-state index is 14.0. The van der Waals surface area contributed by atoms with Gasteiger partial charge in [-0.15, -0.1) is 13.2 Å². The van der Waals surface area contributed by atoms with E-state index in [-0.39, 0.29) is 6.42 Å². The van der Waals surface area contributed by atoms with Crippen molar-refractivity contribution in [2.75, 3.05) is 13.6 Å². The third kappa shape index (κ3) is 2.29.